The topological polar surface area (TPSA) is 49.3 Å². The number of fused-ring (bicyclic) bond motifs is 2. The lowest BCUT2D eigenvalue weighted by Crippen LogP contribution is -2.40. The molecule has 62 valence electrons. The van der Waals surface area contributed by atoms with E-state index in [-0.39, 0.29) is 12.6 Å². The monoisotopic (exact) mass is 155 g/mol. The first-order chi connectivity index (χ1) is 5.29. The molecule has 0 aromatic rings. The minimum absolute atomic E-state index is 0.224. The smallest absolute Gasteiger partial charge is 0.136 e. The largest absolute Gasteiger partial charge is 0.396 e. The predicted octanol–water partition coefficient (Wildman–Crippen LogP) is -0.312. The van der Waals surface area contributed by atoms with E-state index < -0.39 is 0 Å². The van der Waals surface area contributed by atoms with Crippen molar-refractivity contribution in [1.29, 1.82) is 0 Å². The molecule has 0 saturated carbocycles. The lowest BCUT2D eigenvalue weighted by atomic mass is 9.99. The van der Waals surface area contributed by atoms with Crippen LogP contribution in [0.25, 0.3) is 0 Å². The van der Waals surface area contributed by atoms with Crippen molar-refractivity contribution in [1.82, 2.24) is 5.32 Å². The van der Waals surface area contributed by atoms with Gasteiger partial charge in [0.25, 0.3) is 0 Å². The van der Waals surface area contributed by atoms with Gasteiger partial charge in [0.1, 0.15) is 5.78 Å². The maximum Gasteiger partial charge on any atom is 0.136 e. The molecule has 2 aliphatic heterocycles. The van der Waals surface area contributed by atoms with Crippen LogP contribution >= 0.6 is 0 Å². The molecule has 11 heavy (non-hydrogen) atoms. The molecule has 0 aliphatic carbocycles. The van der Waals surface area contributed by atoms with Crippen LogP contribution in [0.2, 0.25) is 0 Å². The molecule has 2 aliphatic rings. The van der Waals surface area contributed by atoms with Crippen molar-refractivity contribution in [2.45, 2.75) is 31.3 Å². The van der Waals surface area contributed by atoms with E-state index in [0.29, 0.717) is 30.6 Å². The van der Waals surface area contributed by atoms with E-state index >= 15 is 0 Å². The third-order valence-corrected chi connectivity index (χ3v) is 2.76. The number of rotatable bonds is 1. The van der Waals surface area contributed by atoms with E-state index in [1.54, 1.807) is 0 Å². The molecular weight excluding hydrogens is 142 g/mol. The molecule has 3 heteroatoms. The zero-order chi connectivity index (χ0) is 7.84. The first-order valence-electron chi connectivity index (χ1n) is 4.18. The number of hydrogen-bond acceptors (Lipinski definition) is 3. The summed E-state index contributed by atoms with van der Waals surface area (Å²) in [5, 5.41) is 12.3. The SMILES string of the molecule is O=C1CC2CC(CO)C(C1)N2. The number of aliphatic hydroxyl groups is 1. The fourth-order valence-corrected chi connectivity index (χ4v) is 2.21. The van der Waals surface area contributed by atoms with Crippen LogP contribution in [0.5, 0.6) is 0 Å². The summed E-state index contributed by atoms with van der Waals surface area (Å²) in [5.74, 6) is 0.682. The Morgan fingerprint density at radius 2 is 2.36 bits per heavy atom. The van der Waals surface area contributed by atoms with Gasteiger partial charge in [-0.25, -0.2) is 0 Å². The molecule has 0 aromatic carbocycles. The van der Waals surface area contributed by atoms with Gasteiger partial charge in [0.05, 0.1) is 0 Å². The summed E-state index contributed by atoms with van der Waals surface area (Å²) in [5.41, 5.74) is 0. The van der Waals surface area contributed by atoms with E-state index in [2.05, 4.69) is 5.32 Å². The Hall–Kier alpha value is -0.410. The van der Waals surface area contributed by atoms with Crippen LogP contribution in [-0.2, 0) is 4.79 Å². The van der Waals surface area contributed by atoms with Crippen LogP contribution in [0.15, 0.2) is 0 Å². The molecule has 2 heterocycles. The Morgan fingerprint density at radius 3 is 3.09 bits per heavy atom. The predicted molar refractivity (Wildman–Crippen MR) is 40.1 cm³/mol. The normalized spacial score (nSPS) is 43.0. The third-order valence-electron chi connectivity index (χ3n) is 2.76. The molecule has 2 fully saturated rings. The fraction of sp³-hybridized carbons (Fsp3) is 0.875. The van der Waals surface area contributed by atoms with Crippen molar-refractivity contribution in [3.63, 3.8) is 0 Å². The van der Waals surface area contributed by atoms with Crippen molar-refractivity contribution < 1.29 is 9.90 Å². The first-order valence-corrected chi connectivity index (χ1v) is 4.18. The highest BCUT2D eigenvalue weighted by atomic mass is 16.3. The second kappa shape index (κ2) is 2.57. The van der Waals surface area contributed by atoms with Gasteiger partial charge in [0.2, 0.25) is 0 Å². The number of carbonyl (C=O) groups excluding carboxylic acids is 1. The van der Waals surface area contributed by atoms with Gasteiger partial charge in [0.15, 0.2) is 0 Å². The molecule has 3 atom stereocenters. The van der Waals surface area contributed by atoms with E-state index in [9.17, 15) is 4.79 Å². The standard InChI is InChI=1S/C8H13NO2/c10-4-5-1-6-2-7(11)3-8(5)9-6/h5-6,8-10H,1-4H2. The van der Waals surface area contributed by atoms with Crippen LogP contribution in [0.1, 0.15) is 19.3 Å². The van der Waals surface area contributed by atoms with Gasteiger partial charge in [-0.2, -0.15) is 0 Å². The molecule has 0 spiro atoms. The highest BCUT2D eigenvalue weighted by Gasteiger charge is 2.39. The second-order valence-electron chi connectivity index (χ2n) is 3.60. The third kappa shape index (κ3) is 1.19. The van der Waals surface area contributed by atoms with Crippen LogP contribution in [0.4, 0.5) is 0 Å². The second-order valence-corrected chi connectivity index (χ2v) is 3.60. The zero-order valence-electron chi connectivity index (χ0n) is 6.42. The number of ketones is 1. The molecule has 0 aromatic heterocycles. The summed E-state index contributed by atoms with van der Waals surface area (Å²) in [6.45, 7) is 0.224. The molecule has 2 rings (SSSR count). The van der Waals surface area contributed by atoms with E-state index in [1.165, 1.54) is 0 Å². The quantitative estimate of drug-likeness (QED) is 0.546. The van der Waals surface area contributed by atoms with Crippen molar-refractivity contribution in [3.8, 4) is 0 Å². The summed E-state index contributed by atoms with van der Waals surface area (Å²) in [6.07, 6.45) is 2.28. The Labute approximate surface area is 65.8 Å². The Morgan fingerprint density at radius 1 is 1.55 bits per heavy atom. The molecule has 2 N–H and O–H groups in total. The molecular formula is C8H13NO2. The number of piperidine rings is 1. The number of nitrogens with one attached hydrogen (secondary N) is 1. The van der Waals surface area contributed by atoms with Gasteiger partial charge >= 0.3 is 0 Å². The van der Waals surface area contributed by atoms with Crippen LogP contribution in [-0.4, -0.2) is 29.6 Å². The summed E-state index contributed by atoms with van der Waals surface area (Å²) in [6, 6.07) is 0.629. The van der Waals surface area contributed by atoms with Gasteiger partial charge in [-0.3, -0.25) is 4.79 Å². The number of aliphatic hydroxyl groups excluding tert-OH is 1. The summed E-state index contributed by atoms with van der Waals surface area (Å²) >= 11 is 0. The number of Topliss-reactive ketones (excluding diaryl/α,β-unsaturated/α-hetero) is 1. The van der Waals surface area contributed by atoms with E-state index in [1.807, 2.05) is 0 Å². The lowest BCUT2D eigenvalue weighted by molar-refractivity contribution is -0.120. The van der Waals surface area contributed by atoms with E-state index in [4.69, 9.17) is 5.11 Å². The van der Waals surface area contributed by atoms with Gasteiger partial charge in [-0.15, -0.1) is 0 Å². The highest BCUT2D eigenvalue weighted by molar-refractivity contribution is 5.81. The Balaban J connectivity index is 2.08. The highest BCUT2D eigenvalue weighted by Crippen LogP contribution is 2.29. The summed E-state index contributed by atoms with van der Waals surface area (Å²) in [4.78, 5) is 11.1. The molecule has 3 unspecified atom stereocenters. The number of carbonyl (C=O) groups is 1. The Bertz CT molecular complexity index is 181. The maximum atomic E-state index is 11.1. The zero-order valence-corrected chi connectivity index (χ0v) is 6.42. The lowest BCUT2D eigenvalue weighted by Gasteiger charge is -2.20. The fourth-order valence-electron chi connectivity index (χ4n) is 2.21. The molecule has 3 nitrogen and oxygen atoms in total. The molecule has 2 bridgehead atoms. The Kier molecular flexibility index (Phi) is 1.69. The molecule has 2 saturated heterocycles. The van der Waals surface area contributed by atoms with Crippen LogP contribution in [0, 0.1) is 5.92 Å². The van der Waals surface area contributed by atoms with Crippen LogP contribution in [0.3, 0.4) is 0 Å². The van der Waals surface area contributed by atoms with Gasteiger partial charge in [-0.1, -0.05) is 0 Å². The van der Waals surface area contributed by atoms with Crippen molar-refractivity contribution in [2.24, 2.45) is 5.92 Å². The van der Waals surface area contributed by atoms with Gasteiger partial charge in [-0.05, 0) is 12.3 Å². The molecule has 0 radical (unpaired) electrons. The average Bonchev–Trinajstić information content (AvgIpc) is 2.25. The molecule has 0 amide bonds. The summed E-state index contributed by atoms with van der Waals surface area (Å²) in [7, 11) is 0. The van der Waals surface area contributed by atoms with Crippen molar-refractivity contribution >= 4 is 5.78 Å². The average molecular weight is 155 g/mol. The van der Waals surface area contributed by atoms with E-state index in [0.717, 1.165) is 6.42 Å². The van der Waals surface area contributed by atoms with Crippen LogP contribution < -0.4 is 5.32 Å². The maximum absolute atomic E-state index is 11.1. The first kappa shape index (κ1) is 7.25. The minimum atomic E-state index is 0.224. The van der Waals surface area contributed by atoms with Crippen molar-refractivity contribution in [2.75, 3.05) is 6.61 Å². The summed E-state index contributed by atoms with van der Waals surface area (Å²) < 4.78 is 0. The van der Waals surface area contributed by atoms with Crippen molar-refractivity contribution in [3.05, 3.63) is 0 Å². The number of hydrogen-bond donors (Lipinski definition) is 2. The van der Waals surface area contributed by atoms with Gasteiger partial charge in [0, 0.05) is 31.5 Å². The van der Waals surface area contributed by atoms with Gasteiger partial charge < -0.3 is 10.4 Å². The minimum Gasteiger partial charge on any atom is -0.396 e.